The van der Waals surface area contributed by atoms with Crippen LogP contribution in [0.1, 0.15) is 12.8 Å². The summed E-state index contributed by atoms with van der Waals surface area (Å²) in [7, 11) is 0. The van der Waals surface area contributed by atoms with Crippen molar-refractivity contribution in [1.29, 1.82) is 0 Å². The molecule has 5 heteroatoms. The summed E-state index contributed by atoms with van der Waals surface area (Å²) in [6.07, 6.45) is 3.05. The van der Waals surface area contributed by atoms with Crippen LogP contribution in [0.5, 0.6) is 5.75 Å². The summed E-state index contributed by atoms with van der Waals surface area (Å²) in [5.41, 5.74) is 0. The first-order valence-electron chi connectivity index (χ1n) is 6.64. The van der Waals surface area contributed by atoms with Gasteiger partial charge in [-0.3, -0.25) is 10.9 Å². The Balaban J connectivity index is 0.00000220. The van der Waals surface area contributed by atoms with Gasteiger partial charge in [-0.25, -0.2) is 10.8 Å². The van der Waals surface area contributed by atoms with Gasteiger partial charge < -0.3 is 28.3 Å². The van der Waals surface area contributed by atoms with Gasteiger partial charge in [-0.1, -0.05) is 12.6 Å². The average molecular weight is 313 g/mol. The van der Waals surface area contributed by atoms with Gasteiger partial charge >= 0.3 is 59.1 Å². The molecule has 2 rings (SSSR count). The molecule has 0 bridgehead atoms. The van der Waals surface area contributed by atoms with E-state index >= 15 is 0 Å². The second kappa shape index (κ2) is 12.2. The van der Waals surface area contributed by atoms with Crippen LogP contribution in [0.4, 0.5) is 0 Å². The summed E-state index contributed by atoms with van der Waals surface area (Å²) in [5, 5.41) is 4.87. The van der Waals surface area contributed by atoms with Gasteiger partial charge in [0.25, 0.3) is 0 Å². The van der Waals surface area contributed by atoms with Crippen LogP contribution in [0.3, 0.4) is 0 Å². The minimum absolute atomic E-state index is 0. The minimum atomic E-state index is -0.132. The number of unbranched alkanes of at least 4 members (excludes halogenated alkanes) is 1. The number of carbonyl (C=O) groups excluding carboxylic acids is 1. The largest absolute Gasteiger partial charge is 1.00 e. The van der Waals surface area contributed by atoms with Crippen LogP contribution >= 0.6 is 0 Å². The zero-order valence-corrected chi connectivity index (χ0v) is 17.3. The topological polar surface area (TPSA) is 38.3 Å². The van der Waals surface area contributed by atoms with E-state index in [1.165, 1.54) is 6.08 Å². The third-order valence-electron chi connectivity index (χ3n) is 2.90. The van der Waals surface area contributed by atoms with E-state index in [-0.39, 0.29) is 65.0 Å². The SMILES string of the molecule is C=CC(=O)NCCCCOc1ccc2c[c-]c[c-]c2c1.[Na+].[Na+]. The molecule has 0 fully saturated rings. The first-order valence-corrected chi connectivity index (χ1v) is 6.64. The molecular weight excluding hydrogens is 296 g/mol. The number of nitrogens with one attached hydrogen (secondary N) is 1. The van der Waals surface area contributed by atoms with Crippen molar-refractivity contribution < 1.29 is 68.6 Å². The Morgan fingerprint density at radius 1 is 1.32 bits per heavy atom. The van der Waals surface area contributed by atoms with E-state index in [1.54, 1.807) is 6.07 Å². The van der Waals surface area contributed by atoms with Crippen molar-refractivity contribution in [2.75, 3.05) is 13.2 Å². The quantitative estimate of drug-likeness (QED) is 0.255. The van der Waals surface area contributed by atoms with Gasteiger partial charge in [0.05, 0.1) is 6.61 Å². The Kier molecular flexibility index (Phi) is 12.0. The van der Waals surface area contributed by atoms with Crippen molar-refractivity contribution in [2.45, 2.75) is 12.8 Å². The number of fused-ring (bicyclic) bond motifs is 1. The molecular formula is C17H17NNa2O2. The molecule has 0 radical (unpaired) electrons. The maximum Gasteiger partial charge on any atom is 1.00 e. The average Bonchev–Trinajstić information content (AvgIpc) is 2.50. The molecule has 0 saturated heterocycles. The van der Waals surface area contributed by atoms with Crippen molar-refractivity contribution in [3.63, 3.8) is 0 Å². The van der Waals surface area contributed by atoms with E-state index in [0.717, 1.165) is 29.4 Å². The van der Waals surface area contributed by atoms with Gasteiger partial charge in [0, 0.05) is 6.54 Å². The van der Waals surface area contributed by atoms with E-state index in [1.807, 2.05) is 24.3 Å². The van der Waals surface area contributed by atoms with E-state index in [0.29, 0.717) is 13.2 Å². The van der Waals surface area contributed by atoms with Gasteiger partial charge in [0.1, 0.15) is 5.75 Å². The Morgan fingerprint density at radius 2 is 2.14 bits per heavy atom. The molecule has 0 aliphatic heterocycles. The molecule has 0 aliphatic rings. The molecule has 2 aromatic carbocycles. The minimum Gasteiger partial charge on any atom is -0.494 e. The predicted octanol–water partition coefficient (Wildman–Crippen LogP) is -3.09. The van der Waals surface area contributed by atoms with E-state index in [4.69, 9.17) is 4.74 Å². The Morgan fingerprint density at radius 3 is 2.91 bits per heavy atom. The number of hydrogen-bond donors (Lipinski definition) is 1. The van der Waals surface area contributed by atoms with Crippen LogP contribution in [-0.4, -0.2) is 19.1 Å². The molecule has 3 nitrogen and oxygen atoms in total. The first-order chi connectivity index (χ1) is 9.79. The summed E-state index contributed by atoms with van der Waals surface area (Å²) in [6, 6.07) is 15.8. The molecule has 0 aromatic heterocycles. The first kappa shape index (κ1) is 21.7. The van der Waals surface area contributed by atoms with E-state index < -0.39 is 0 Å². The molecule has 104 valence electrons. The smallest absolute Gasteiger partial charge is 0.494 e. The number of benzene rings is 2. The molecule has 0 atom stereocenters. The van der Waals surface area contributed by atoms with Crippen LogP contribution in [-0.2, 0) is 4.79 Å². The van der Waals surface area contributed by atoms with E-state index in [2.05, 4.69) is 24.0 Å². The molecule has 1 N–H and O–H groups in total. The summed E-state index contributed by atoms with van der Waals surface area (Å²) in [4.78, 5) is 10.9. The van der Waals surface area contributed by atoms with Gasteiger partial charge in [-0.15, -0.1) is 0 Å². The molecule has 0 saturated carbocycles. The maximum absolute atomic E-state index is 10.9. The molecule has 0 heterocycles. The summed E-state index contributed by atoms with van der Waals surface area (Å²) in [5.74, 6) is 0.711. The fourth-order valence-corrected chi connectivity index (χ4v) is 1.83. The fraction of sp³-hybridized carbons (Fsp3) is 0.235. The summed E-state index contributed by atoms with van der Waals surface area (Å²) in [6.45, 7) is 4.68. The molecule has 1 amide bonds. The van der Waals surface area contributed by atoms with Crippen LogP contribution in [0, 0.1) is 12.1 Å². The number of hydrogen-bond acceptors (Lipinski definition) is 2. The van der Waals surface area contributed by atoms with Crippen molar-refractivity contribution in [1.82, 2.24) is 5.32 Å². The zero-order chi connectivity index (χ0) is 14.2. The van der Waals surface area contributed by atoms with Crippen molar-refractivity contribution in [3.05, 3.63) is 55.1 Å². The molecule has 0 aliphatic carbocycles. The Hall–Kier alpha value is -0.290. The number of amides is 1. The van der Waals surface area contributed by atoms with Crippen molar-refractivity contribution in [2.24, 2.45) is 0 Å². The third-order valence-corrected chi connectivity index (χ3v) is 2.90. The molecule has 0 spiro atoms. The third kappa shape index (κ3) is 7.32. The zero-order valence-electron chi connectivity index (χ0n) is 13.3. The monoisotopic (exact) mass is 313 g/mol. The predicted molar refractivity (Wildman–Crippen MR) is 79.6 cm³/mol. The summed E-state index contributed by atoms with van der Waals surface area (Å²) >= 11 is 0. The maximum atomic E-state index is 10.9. The van der Waals surface area contributed by atoms with Gasteiger partial charge in [-0.2, -0.15) is 6.07 Å². The van der Waals surface area contributed by atoms with Gasteiger partial charge in [0.2, 0.25) is 5.91 Å². The standard InChI is InChI=1S/C17H17NO2.2Na/c1-2-17(19)18-11-5-6-12-20-16-10-9-14-7-3-4-8-15(14)13-16;;/h2,4,7,9-10,13H,1,5-6,11-12H2,(H,18,19);;/q-2;2*+1. The molecule has 2 aromatic rings. The molecule has 22 heavy (non-hydrogen) atoms. The van der Waals surface area contributed by atoms with Gasteiger partial charge in [-0.05, 0) is 25.0 Å². The second-order valence-electron chi connectivity index (χ2n) is 4.40. The van der Waals surface area contributed by atoms with Crippen LogP contribution in [0.2, 0.25) is 0 Å². The number of rotatable bonds is 7. The number of ether oxygens (including phenoxy) is 1. The van der Waals surface area contributed by atoms with Crippen LogP contribution in [0.25, 0.3) is 10.8 Å². The number of carbonyl (C=O) groups is 1. The Bertz CT molecular complexity index is 602. The van der Waals surface area contributed by atoms with Gasteiger partial charge in [0.15, 0.2) is 0 Å². The van der Waals surface area contributed by atoms with Crippen LogP contribution in [0.15, 0.2) is 43.0 Å². The van der Waals surface area contributed by atoms with Crippen LogP contribution < -0.4 is 69.2 Å². The second-order valence-corrected chi connectivity index (χ2v) is 4.40. The Labute approximate surface area is 176 Å². The van der Waals surface area contributed by atoms with Crippen molar-refractivity contribution >= 4 is 16.7 Å². The normalized spacial score (nSPS) is 9.27. The fourth-order valence-electron chi connectivity index (χ4n) is 1.83. The van der Waals surface area contributed by atoms with E-state index in [9.17, 15) is 4.79 Å². The summed E-state index contributed by atoms with van der Waals surface area (Å²) < 4.78 is 5.68. The van der Waals surface area contributed by atoms with Crippen molar-refractivity contribution in [3.8, 4) is 5.75 Å². The molecule has 0 unspecified atom stereocenters.